The van der Waals surface area contributed by atoms with Crippen molar-refractivity contribution in [3.8, 4) is 5.75 Å². The van der Waals surface area contributed by atoms with E-state index in [-0.39, 0.29) is 0 Å². The normalized spacial score (nSPS) is 9.73. The van der Waals surface area contributed by atoms with E-state index in [4.69, 9.17) is 22.1 Å². The van der Waals surface area contributed by atoms with Gasteiger partial charge in [0.1, 0.15) is 5.75 Å². The van der Waals surface area contributed by atoms with Gasteiger partial charge in [0, 0.05) is 6.07 Å². The summed E-state index contributed by atoms with van der Waals surface area (Å²) in [7, 11) is 1.60. The van der Waals surface area contributed by atoms with Crippen molar-refractivity contribution in [2.45, 2.75) is 6.92 Å². The zero-order valence-corrected chi connectivity index (χ0v) is 7.27. The van der Waals surface area contributed by atoms with E-state index in [1.54, 1.807) is 13.2 Å². The maximum atomic E-state index is 5.83. The van der Waals surface area contributed by atoms with Crippen molar-refractivity contribution in [2.24, 2.45) is 0 Å². The van der Waals surface area contributed by atoms with Gasteiger partial charge in [0.15, 0.2) is 0 Å². The minimum absolute atomic E-state index is 0.559. The second kappa shape index (κ2) is 3.01. The molecule has 0 aromatic heterocycles. The van der Waals surface area contributed by atoms with Gasteiger partial charge in [0.2, 0.25) is 0 Å². The molecular formula is C8H10ClNO. The summed E-state index contributed by atoms with van der Waals surface area (Å²) in [6.07, 6.45) is 0. The number of nitrogens with two attached hydrogens (primary N) is 1. The fourth-order valence-corrected chi connectivity index (χ4v) is 0.990. The van der Waals surface area contributed by atoms with Gasteiger partial charge in [-0.2, -0.15) is 0 Å². The molecule has 60 valence electrons. The summed E-state index contributed by atoms with van der Waals surface area (Å²) in [5, 5.41) is 0.603. The van der Waals surface area contributed by atoms with Gasteiger partial charge in [0.05, 0.1) is 17.8 Å². The van der Waals surface area contributed by atoms with Crippen molar-refractivity contribution in [3.05, 3.63) is 22.7 Å². The number of ether oxygens (including phenoxy) is 1. The SMILES string of the molecule is COc1cc(C)c(Cl)c(N)c1. The monoisotopic (exact) mass is 171 g/mol. The quantitative estimate of drug-likeness (QED) is 0.658. The first kappa shape index (κ1) is 8.21. The highest BCUT2D eigenvalue weighted by Gasteiger charge is 2.02. The predicted octanol–water partition coefficient (Wildman–Crippen LogP) is 2.24. The third-order valence-corrected chi connectivity index (χ3v) is 2.01. The molecule has 0 radical (unpaired) electrons. The van der Waals surface area contributed by atoms with E-state index in [1.807, 2.05) is 13.0 Å². The second-order valence-corrected chi connectivity index (χ2v) is 2.73. The lowest BCUT2D eigenvalue weighted by atomic mass is 10.2. The standard InChI is InChI=1S/C8H10ClNO/c1-5-3-6(11-2)4-7(10)8(5)9/h3-4H,10H2,1-2H3. The van der Waals surface area contributed by atoms with Gasteiger partial charge in [-0.15, -0.1) is 0 Å². The van der Waals surface area contributed by atoms with Crippen molar-refractivity contribution in [3.63, 3.8) is 0 Å². The van der Waals surface area contributed by atoms with Gasteiger partial charge in [-0.25, -0.2) is 0 Å². The Bertz CT molecular complexity index is 250. The van der Waals surface area contributed by atoms with Gasteiger partial charge in [0.25, 0.3) is 0 Å². The highest BCUT2D eigenvalue weighted by molar-refractivity contribution is 6.33. The molecule has 2 nitrogen and oxygen atoms in total. The van der Waals surface area contributed by atoms with E-state index < -0.39 is 0 Å². The Labute approximate surface area is 70.9 Å². The van der Waals surface area contributed by atoms with Crippen LogP contribution >= 0.6 is 11.6 Å². The molecule has 0 saturated carbocycles. The average molecular weight is 172 g/mol. The van der Waals surface area contributed by atoms with Crippen LogP contribution in [0.25, 0.3) is 0 Å². The first-order chi connectivity index (χ1) is 5.15. The van der Waals surface area contributed by atoms with E-state index >= 15 is 0 Å². The smallest absolute Gasteiger partial charge is 0.121 e. The van der Waals surface area contributed by atoms with Crippen LogP contribution in [0.15, 0.2) is 12.1 Å². The van der Waals surface area contributed by atoms with Crippen molar-refractivity contribution >= 4 is 17.3 Å². The molecule has 0 aliphatic carbocycles. The summed E-state index contributed by atoms with van der Waals surface area (Å²) >= 11 is 5.83. The third kappa shape index (κ3) is 1.57. The zero-order valence-electron chi connectivity index (χ0n) is 6.52. The Morgan fingerprint density at radius 3 is 2.55 bits per heavy atom. The van der Waals surface area contributed by atoms with Crippen LogP contribution in [0.2, 0.25) is 5.02 Å². The topological polar surface area (TPSA) is 35.2 Å². The van der Waals surface area contributed by atoms with E-state index in [0.29, 0.717) is 10.7 Å². The van der Waals surface area contributed by atoms with Crippen LogP contribution in [0.5, 0.6) is 5.75 Å². The molecule has 0 amide bonds. The molecule has 0 atom stereocenters. The number of anilines is 1. The summed E-state index contributed by atoms with van der Waals surface area (Å²) in [5.41, 5.74) is 7.08. The molecule has 0 unspecified atom stereocenters. The van der Waals surface area contributed by atoms with Crippen LogP contribution in [0, 0.1) is 6.92 Å². The second-order valence-electron chi connectivity index (χ2n) is 2.35. The molecule has 0 bridgehead atoms. The molecule has 1 aromatic rings. The molecule has 0 aliphatic heterocycles. The van der Waals surface area contributed by atoms with E-state index in [9.17, 15) is 0 Å². The highest BCUT2D eigenvalue weighted by Crippen LogP contribution is 2.27. The van der Waals surface area contributed by atoms with Gasteiger partial charge >= 0.3 is 0 Å². The van der Waals surface area contributed by atoms with Crippen LogP contribution < -0.4 is 10.5 Å². The summed E-state index contributed by atoms with van der Waals surface area (Å²) in [5.74, 6) is 0.740. The molecule has 3 heteroatoms. The number of hydrogen-bond acceptors (Lipinski definition) is 2. The average Bonchev–Trinajstić information content (AvgIpc) is 1.99. The number of hydrogen-bond donors (Lipinski definition) is 1. The highest BCUT2D eigenvalue weighted by atomic mass is 35.5. The van der Waals surface area contributed by atoms with E-state index in [0.717, 1.165) is 11.3 Å². The van der Waals surface area contributed by atoms with Crippen LogP contribution in [0.1, 0.15) is 5.56 Å². The molecular weight excluding hydrogens is 162 g/mol. The van der Waals surface area contributed by atoms with Gasteiger partial charge in [-0.05, 0) is 18.6 Å². The van der Waals surface area contributed by atoms with E-state index in [1.165, 1.54) is 0 Å². The Morgan fingerprint density at radius 2 is 2.09 bits per heavy atom. The Kier molecular flexibility index (Phi) is 2.25. The molecule has 0 spiro atoms. The number of halogens is 1. The number of methoxy groups -OCH3 is 1. The number of benzene rings is 1. The number of aryl methyl sites for hydroxylation is 1. The molecule has 2 N–H and O–H groups in total. The van der Waals surface area contributed by atoms with Crippen LogP contribution in [0.4, 0.5) is 5.69 Å². The third-order valence-electron chi connectivity index (χ3n) is 1.49. The van der Waals surface area contributed by atoms with Crippen molar-refractivity contribution < 1.29 is 4.74 Å². The maximum absolute atomic E-state index is 5.83. The van der Waals surface area contributed by atoms with E-state index in [2.05, 4.69) is 0 Å². The summed E-state index contributed by atoms with van der Waals surface area (Å²) in [6, 6.07) is 3.55. The van der Waals surface area contributed by atoms with Crippen molar-refractivity contribution in [1.29, 1.82) is 0 Å². The fourth-order valence-electron chi connectivity index (χ4n) is 0.881. The molecule has 0 saturated heterocycles. The molecule has 0 fully saturated rings. The van der Waals surface area contributed by atoms with Crippen LogP contribution in [0.3, 0.4) is 0 Å². The largest absolute Gasteiger partial charge is 0.497 e. The summed E-state index contributed by atoms with van der Waals surface area (Å²) in [4.78, 5) is 0. The summed E-state index contributed by atoms with van der Waals surface area (Å²) in [6.45, 7) is 1.89. The first-order valence-electron chi connectivity index (χ1n) is 3.24. The van der Waals surface area contributed by atoms with Crippen molar-refractivity contribution in [1.82, 2.24) is 0 Å². The lowest BCUT2D eigenvalue weighted by molar-refractivity contribution is 0.415. The fraction of sp³-hybridized carbons (Fsp3) is 0.250. The minimum atomic E-state index is 0.559. The zero-order chi connectivity index (χ0) is 8.43. The van der Waals surface area contributed by atoms with Gasteiger partial charge in [-0.3, -0.25) is 0 Å². The lowest BCUT2D eigenvalue weighted by Crippen LogP contribution is -1.91. The molecule has 0 aliphatic rings. The van der Waals surface area contributed by atoms with Gasteiger partial charge in [-0.1, -0.05) is 11.6 Å². The first-order valence-corrected chi connectivity index (χ1v) is 3.62. The van der Waals surface area contributed by atoms with Gasteiger partial charge < -0.3 is 10.5 Å². The van der Waals surface area contributed by atoms with Crippen LogP contribution in [-0.4, -0.2) is 7.11 Å². The Morgan fingerprint density at radius 1 is 1.45 bits per heavy atom. The lowest BCUT2D eigenvalue weighted by Gasteiger charge is -2.05. The number of nitrogen functional groups attached to an aromatic ring is 1. The summed E-state index contributed by atoms with van der Waals surface area (Å²) < 4.78 is 4.99. The molecule has 1 rings (SSSR count). The molecule has 11 heavy (non-hydrogen) atoms. The van der Waals surface area contributed by atoms with Crippen LogP contribution in [-0.2, 0) is 0 Å². The molecule has 1 aromatic carbocycles. The Hall–Kier alpha value is -0.890. The minimum Gasteiger partial charge on any atom is -0.497 e. The van der Waals surface area contributed by atoms with Crippen molar-refractivity contribution in [2.75, 3.05) is 12.8 Å². The Balaban J connectivity index is 3.21. The molecule has 0 heterocycles. The predicted molar refractivity (Wildman–Crippen MR) is 47.2 cm³/mol. The number of rotatable bonds is 1. The maximum Gasteiger partial charge on any atom is 0.121 e.